The number of nitrogens with zero attached hydrogens (tertiary/aromatic N) is 3. The van der Waals surface area contributed by atoms with Gasteiger partial charge < -0.3 is 15.4 Å². The van der Waals surface area contributed by atoms with Crippen molar-refractivity contribution in [2.45, 2.75) is 46.4 Å². The predicted molar refractivity (Wildman–Crippen MR) is 102 cm³/mol. The summed E-state index contributed by atoms with van der Waals surface area (Å²) in [5, 5.41) is 10.8. The third-order valence-electron chi connectivity index (χ3n) is 3.50. The second-order valence-electron chi connectivity index (χ2n) is 6.82. The summed E-state index contributed by atoms with van der Waals surface area (Å²) < 4.78 is 7.89. The zero-order valence-electron chi connectivity index (χ0n) is 15.8. The molecule has 0 aliphatic heterocycles. The second-order valence-corrected chi connectivity index (χ2v) is 6.82. The van der Waals surface area contributed by atoms with Crippen molar-refractivity contribution in [3.8, 4) is 5.75 Å². The highest BCUT2D eigenvalue weighted by atomic mass is 16.5. The van der Waals surface area contributed by atoms with Crippen molar-refractivity contribution < 1.29 is 4.74 Å². The van der Waals surface area contributed by atoms with E-state index >= 15 is 0 Å². The number of para-hydroxylation sites is 1. The van der Waals surface area contributed by atoms with Gasteiger partial charge >= 0.3 is 0 Å². The molecule has 1 aromatic carbocycles. The Bertz CT molecular complexity index is 700. The van der Waals surface area contributed by atoms with Crippen molar-refractivity contribution >= 4 is 5.96 Å². The number of guanidine groups is 1. The molecule has 0 radical (unpaired) electrons. The molecule has 0 spiro atoms. The van der Waals surface area contributed by atoms with E-state index in [1.165, 1.54) is 0 Å². The zero-order chi connectivity index (χ0) is 18.3. The van der Waals surface area contributed by atoms with Crippen LogP contribution in [0.2, 0.25) is 0 Å². The van der Waals surface area contributed by atoms with Gasteiger partial charge in [0.15, 0.2) is 5.96 Å². The van der Waals surface area contributed by atoms with Crippen molar-refractivity contribution in [2.24, 2.45) is 12.0 Å². The molecule has 0 saturated carbocycles. The largest absolute Gasteiger partial charge is 0.488 e. The molecule has 0 aliphatic carbocycles. The average Bonchev–Trinajstić information content (AvgIpc) is 2.95. The Kier molecular flexibility index (Phi) is 6.44. The molecular formula is C19H29N5O. The molecule has 1 aromatic heterocycles. The van der Waals surface area contributed by atoms with Gasteiger partial charge in [0.1, 0.15) is 11.4 Å². The first-order valence-corrected chi connectivity index (χ1v) is 8.65. The Hall–Kier alpha value is -2.50. The lowest BCUT2D eigenvalue weighted by Crippen LogP contribution is -2.37. The van der Waals surface area contributed by atoms with Crippen LogP contribution in [0.15, 0.2) is 41.5 Å². The lowest BCUT2D eigenvalue weighted by Gasteiger charge is -2.23. The number of aromatic nitrogens is 2. The molecular weight excluding hydrogens is 314 g/mol. The third-order valence-corrected chi connectivity index (χ3v) is 3.50. The Morgan fingerprint density at radius 3 is 2.60 bits per heavy atom. The van der Waals surface area contributed by atoms with E-state index in [2.05, 4.69) is 33.7 Å². The topological polar surface area (TPSA) is 63.5 Å². The van der Waals surface area contributed by atoms with Crippen molar-refractivity contribution in [3.63, 3.8) is 0 Å². The molecule has 25 heavy (non-hydrogen) atoms. The highest BCUT2D eigenvalue weighted by Gasteiger charge is 2.14. The van der Waals surface area contributed by atoms with Crippen LogP contribution in [0.5, 0.6) is 5.75 Å². The molecule has 0 saturated heterocycles. The first kappa shape index (κ1) is 18.8. The molecule has 1 heterocycles. The van der Waals surface area contributed by atoms with E-state index in [0.717, 1.165) is 29.5 Å². The second kappa shape index (κ2) is 8.55. The molecule has 2 rings (SSSR count). The Labute approximate surface area is 150 Å². The van der Waals surface area contributed by atoms with Crippen LogP contribution < -0.4 is 15.4 Å². The smallest absolute Gasteiger partial charge is 0.191 e. The lowest BCUT2D eigenvalue weighted by molar-refractivity contribution is 0.129. The monoisotopic (exact) mass is 343 g/mol. The van der Waals surface area contributed by atoms with E-state index in [4.69, 9.17) is 4.74 Å². The van der Waals surface area contributed by atoms with Crippen molar-refractivity contribution in [1.29, 1.82) is 0 Å². The number of ether oxygens (including phenoxy) is 1. The van der Waals surface area contributed by atoms with Gasteiger partial charge in [-0.2, -0.15) is 5.10 Å². The maximum absolute atomic E-state index is 6.04. The standard InChI is InChI=1S/C19H29N5O/c1-6-20-18(22-14-16-11-12-23-24(16)5)21-13-15-9-7-8-10-17(15)25-19(2,3)4/h7-12H,6,13-14H2,1-5H3,(H2,20,21,22). The molecule has 0 atom stereocenters. The fourth-order valence-electron chi connectivity index (χ4n) is 2.32. The van der Waals surface area contributed by atoms with Crippen LogP contribution in [0.25, 0.3) is 0 Å². The Balaban J connectivity index is 2.07. The summed E-state index contributed by atoms with van der Waals surface area (Å²) in [6.07, 6.45) is 1.79. The Morgan fingerprint density at radius 2 is 1.96 bits per heavy atom. The minimum absolute atomic E-state index is 0.234. The molecule has 0 amide bonds. The number of hydrogen-bond acceptors (Lipinski definition) is 3. The van der Waals surface area contributed by atoms with E-state index in [1.54, 1.807) is 6.20 Å². The van der Waals surface area contributed by atoms with E-state index in [1.807, 2.05) is 56.8 Å². The Morgan fingerprint density at radius 1 is 1.20 bits per heavy atom. The molecule has 136 valence electrons. The number of rotatable bonds is 6. The van der Waals surface area contributed by atoms with Gasteiger partial charge in [0.05, 0.1) is 18.8 Å². The predicted octanol–water partition coefficient (Wildman–Crippen LogP) is 2.85. The average molecular weight is 343 g/mol. The normalized spacial score (nSPS) is 12.1. The van der Waals surface area contributed by atoms with E-state index < -0.39 is 0 Å². The van der Waals surface area contributed by atoms with Gasteiger partial charge in [0, 0.05) is 25.4 Å². The minimum atomic E-state index is -0.234. The summed E-state index contributed by atoms with van der Waals surface area (Å²) in [5.41, 5.74) is 1.93. The minimum Gasteiger partial charge on any atom is -0.488 e. The molecule has 6 nitrogen and oxygen atoms in total. The number of hydrogen-bond donors (Lipinski definition) is 2. The molecule has 0 fully saturated rings. The summed E-state index contributed by atoms with van der Waals surface area (Å²) in [6.45, 7) is 10.2. The van der Waals surface area contributed by atoms with Crippen LogP contribution in [0.1, 0.15) is 39.0 Å². The first-order chi connectivity index (χ1) is 11.9. The molecule has 2 N–H and O–H groups in total. The molecule has 0 bridgehead atoms. The van der Waals surface area contributed by atoms with Gasteiger partial charge in [0.25, 0.3) is 0 Å². The van der Waals surface area contributed by atoms with E-state index in [0.29, 0.717) is 13.1 Å². The number of aryl methyl sites for hydroxylation is 1. The highest BCUT2D eigenvalue weighted by Crippen LogP contribution is 2.23. The first-order valence-electron chi connectivity index (χ1n) is 8.65. The van der Waals surface area contributed by atoms with Gasteiger partial charge in [-0.15, -0.1) is 0 Å². The summed E-state index contributed by atoms with van der Waals surface area (Å²) in [7, 11) is 1.93. The van der Waals surface area contributed by atoms with Crippen LogP contribution in [0.4, 0.5) is 0 Å². The molecule has 6 heteroatoms. The van der Waals surface area contributed by atoms with Gasteiger partial charge in [-0.1, -0.05) is 18.2 Å². The highest BCUT2D eigenvalue weighted by molar-refractivity contribution is 5.79. The SMILES string of the molecule is CCNC(=NCc1ccccc1OC(C)(C)C)NCc1ccnn1C. The van der Waals surface area contributed by atoms with Crippen LogP contribution in [-0.2, 0) is 20.1 Å². The van der Waals surface area contributed by atoms with Crippen LogP contribution in [0, 0.1) is 0 Å². The number of benzene rings is 1. The maximum atomic E-state index is 6.04. The summed E-state index contributed by atoms with van der Waals surface area (Å²) in [5.74, 6) is 1.65. The summed E-state index contributed by atoms with van der Waals surface area (Å²) in [4.78, 5) is 4.69. The van der Waals surface area contributed by atoms with Crippen LogP contribution in [-0.4, -0.2) is 27.9 Å². The zero-order valence-corrected chi connectivity index (χ0v) is 15.8. The van der Waals surface area contributed by atoms with Crippen molar-refractivity contribution in [2.75, 3.05) is 6.54 Å². The fraction of sp³-hybridized carbons (Fsp3) is 0.474. The lowest BCUT2D eigenvalue weighted by atomic mass is 10.1. The maximum Gasteiger partial charge on any atom is 0.191 e. The number of aliphatic imine (C=N–C) groups is 1. The molecule has 0 aliphatic rings. The number of nitrogens with one attached hydrogen (secondary N) is 2. The van der Waals surface area contributed by atoms with E-state index in [-0.39, 0.29) is 5.60 Å². The quantitative estimate of drug-likeness (QED) is 0.625. The van der Waals surface area contributed by atoms with E-state index in [9.17, 15) is 0 Å². The van der Waals surface area contributed by atoms with Gasteiger partial charge in [-0.3, -0.25) is 4.68 Å². The van der Waals surface area contributed by atoms with Crippen LogP contribution in [0.3, 0.4) is 0 Å². The molecule has 0 unspecified atom stereocenters. The summed E-state index contributed by atoms with van der Waals surface area (Å²) in [6, 6.07) is 10.0. The fourth-order valence-corrected chi connectivity index (χ4v) is 2.32. The van der Waals surface area contributed by atoms with Gasteiger partial charge in [-0.25, -0.2) is 4.99 Å². The third kappa shape index (κ3) is 6.14. The van der Waals surface area contributed by atoms with Crippen molar-refractivity contribution in [1.82, 2.24) is 20.4 Å². The van der Waals surface area contributed by atoms with Gasteiger partial charge in [0.2, 0.25) is 0 Å². The summed E-state index contributed by atoms with van der Waals surface area (Å²) >= 11 is 0. The van der Waals surface area contributed by atoms with Crippen molar-refractivity contribution in [3.05, 3.63) is 47.8 Å². The molecule has 2 aromatic rings. The van der Waals surface area contributed by atoms with Gasteiger partial charge in [-0.05, 0) is 39.8 Å². The van der Waals surface area contributed by atoms with Crippen LogP contribution >= 0.6 is 0 Å².